The van der Waals surface area contributed by atoms with Crippen LogP contribution in [0, 0.1) is 5.92 Å². The Hall–Kier alpha value is -2.78. The predicted molar refractivity (Wildman–Crippen MR) is 114 cm³/mol. The number of amides is 1. The van der Waals surface area contributed by atoms with Crippen molar-refractivity contribution >= 4 is 15.9 Å². The molecular weight excluding hydrogens is 420 g/mol. The van der Waals surface area contributed by atoms with Gasteiger partial charge in [-0.2, -0.15) is 0 Å². The first kappa shape index (κ1) is 21.5. The lowest BCUT2D eigenvalue weighted by molar-refractivity contribution is 0.0693. The van der Waals surface area contributed by atoms with Crippen molar-refractivity contribution in [1.82, 2.24) is 9.62 Å². The molecule has 0 aromatic heterocycles. The second-order valence-electron chi connectivity index (χ2n) is 7.85. The van der Waals surface area contributed by atoms with Gasteiger partial charge in [0.2, 0.25) is 16.8 Å². The van der Waals surface area contributed by atoms with E-state index in [1.807, 2.05) is 0 Å². The van der Waals surface area contributed by atoms with Crippen LogP contribution >= 0.6 is 0 Å². The highest BCUT2D eigenvalue weighted by molar-refractivity contribution is 7.89. The summed E-state index contributed by atoms with van der Waals surface area (Å²) in [7, 11) is -2.37. The molecule has 2 heterocycles. The van der Waals surface area contributed by atoms with E-state index in [1.54, 1.807) is 23.1 Å². The molecule has 2 aliphatic rings. The third-order valence-corrected chi connectivity index (χ3v) is 7.08. The predicted octanol–water partition coefficient (Wildman–Crippen LogP) is 2.77. The van der Waals surface area contributed by atoms with Crippen LogP contribution in [0.1, 0.15) is 35.7 Å². The number of fused-ring (bicyclic) bond motifs is 1. The minimum atomic E-state index is -3.84. The number of rotatable bonds is 6. The number of benzene rings is 2. The SMILES string of the molecule is COc1ccc(S(=O)(=O)NCc2ccc3c(c2)OCO3)cc1C(=O)N1CCC(C)CC1. The number of nitrogens with one attached hydrogen (secondary N) is 1. The Balaban J connectivity index is 1.52. The highest BCUT2D eigenvalue weighted by Gasteiger charge is 2.26. The third-order valence-electron chi connectivity index (χ3n) is 5.69. The van der Waals surface area contributed by atoms with Crippen LogP contribution in [-0.2, 0) is 16.6 Å². The van der Waals surface area contributed by atoms with Gasteiger partial charge in [-0.05, 0) is 54.7 Å². The molecular formula is C22H26N2O6S. The molecule has 1 N–H and O–H groups in total. The smallest absolute Gasteiger partial charge is 0.257 e. The molecule has 1 saturated heterocycles. The van der Waals surface area contributed by atoms with Gasteiger partial charge in [0.1, 0.15) is 5.75 Å². The van der Waals surface area contributed by atoms with Gasteiger partial charge in [-0.15, -0.1) is 0 Å². The summed E-state index contributed by atoms with van der Waals surface area (Å²) in [5.74, 6) is 1.95. The van der Waals surface area contributed by atoms with Crippen LogP contribution in [-0.4, -0.2) is 46.2 Å². The molecule has 166 valence electrons. The molecule has 31 heavy (non-hydrogen) atoms. The van der Waals surface area contributed by atoms with Crippen molar-refractivity contribution in [3.63, 3.8) is 0 Å². The maximum atomic E-state index is 13.1. The van der Waals surface area contributed by atoms with E-state index in [2.05, 4.69) is 11.6 Å². The van der Waals surface area contributed by atoms with Crippen molar-refractivity contribution in [2.75, 3.05) is 27.0 Å². The molecule has 8 nitrogen and oxygen atoms in total. The van der Waals surface area contributed by atoms with Crippen LogP contribution in [0.15, 0.2) is 41.3 Å². The molecule has 2 aliphatic heterocycles. The maximum absolute atomic E-state index is 13.1. The van der Waals surface area contributed by atoms with Crippen LogP contribution in [0.4, 0.5) is 0 Å². The Morgan fingerprint density at radius 3 is 2.61 bits per heavy atom. The molecule has 0 spiro atoms. The first-order valence-electron chi connectivity index (χ1n) is 10.2. The fraction of sp³-hybridized carbons (Fsp3) is 0.409. The zero-order chi connectivity index (χ0) is 22.0. The van der Waals surface area contributed by atoms with Crippen molar-refractivity contribution in [2.45, 2.75) is 31.2 Å². The Kier molecular flexibility index (Phi) is 6.06. The summed E-state index contributed by atoms with van der Waals surface area (Å²) in [6.07, 6.45) is 1.87. The van der Waals surface area contributed by atoms with Gasteiger partial charge in [-0.1, -0.05) is 13.0 Å². The normalized spacial score (nSPS) is 16.4. The van der Waals surface area contributed by atoms with Gasteiger partial charge in [0.05, 0.1) is 17.6 Å². The summed E-state index contributed by atoms with van der Waals surface area (Å²) in [6.45, 7) is 3.72. The standard InChI is InChI=1S/C22H26N2O6S/c1-15-7-9-24(10-8-15)22(25)18-12-17(4-6-19(18)28-2)31(26,27)23-13-16-3-5-20-21(11-16)30-14-29-20/h3-6,11-12,15,23H,7-10,13-14H2,1-2H3. The van der Waals surface area contributed by atoms with Crippen molar-refractivity contribution in [1.29, 1.82) is 0 Å². The third kappa shape index (κ3) is 4.62. The molecule has 2 aromatic carbocycles. The summed E-state index contributed by atoms with van der Waals surface area (Å²) in [6, 6.07) is 9.61. The Bertz CT molecular complexity index is 1080. The second-order valence-corrected chi connectivity index (χ2v) is 9.62. The van der Waals surface area contributed by atoms with Crippen molar-refractivity contribution < 1.29 is 27.4 Å². The summed E-state index contributed by atoms with van der Waals surface area (Å²) in [5, 5.41) is 0. The molecule has 0 aliphatic carbocycles. The second kappa shape index (κ2) is 8.76. The summed E-state index contributed by atoms with van der Waals surface area (Å²) < 4.78 is 44.3. The molecule has 0 radical (unpaired) electrons. The van der Waals surface area contributed by atoms with Crippen LogP contribution in [0.2, 0.25) is 0 Å². The summed E-state index contributed by atoms with van der Waals surface area (Å²) in [4.78, 5) is 14.8. The van der Waals surface area contributed by atoms with E-state index < -0.39 is 10.0 Å². The van der Waals surface area contributed by atoms with E-state index >= 15 is 0 Å². The van der Waals surface area contributed by atoms with E-state index in [0.29, 0.717) is 36.3 Å². The number of methoxy groups -OCH3 is 1. The zero-order valence-corrected chi connectivity index (χ0v) is 18.4. The van der Waals surface area contributed by atoms with Crippen LogP contribution in [0.3, 0.4) is 0 Å². The monoisotopic (exact) mass is 446 g/mol. The highest BCUT2D eigenvalue weighted by atomic mass is 32.2. The van der Waals surface area contributed by atoms with Crippen molar-refractivity contribution in [3.8, 4) is 17.2 Å². The molecule has 9 heteroatoms. The number of piperidine rings is 1. The minimum absolute atomic E-state index is 0.0165. The number of ether oxygens (including phenoxy) is 3. The summed E-state index contributed by atoms with van der Waals surface area (Å²) >= 11 is 0. The molecule has 1 amide bonds. The fourth-order valence-electron chi connectivity index (χ4n) is 3.72. The van der Waals surface area contributed by atoms with Crippen molar-refractivity contribution in [2.24, 2.45) is 5.92 Å². The molecule has 0 saturated carbocycles. The number of carbonyl (C=O) groups excluding carboxylic acids is 1. The van der Waals surface area contributed by atoms with Crippen LogP contribution < -0.4 is 18.9 Å². The van der Waals surface area contributed by atoms with E-state index in [-0.39, 0.29) is 29.7 Å². The highest BCUT2D eigenvalue weighted by Crippen LogP contribution is 2.32. The number of hydrogen-bond donors (Lipinski definition) is 1. The average molecular weight is 447 g/mol. The lowest BCUT2D eigenvalue weighted by Crippen LogP contribution is -2.38. The van der Waals surface area contributed by atoms with E-state index in [9.17, 15) is 13.2 Å². The Morgan fingerprint density at radius 2 is 1.87 bits per heavy atom. The fourth-order valence-corrected chi connectivity index (χ4v) is 4.76. The molecule has 4 rings (SSSR count). The van der Waals surface area contributed by atoms with Crippen LogP contribution in [0.25, 0.3) is 0 Å². The molecule has 1 fully saturated rings. The van der Waals surface area contributed by atoms with E-state index in [0.717, 1.165) is 18.4 Å². The number of nitrogens with zero attached hydrogens (tertiary/aromatic N) is 1. The molecule has 0 atom stereocenters. The quantitative estimate of drug-likeness (QED) is 0.733. The van der Waals surface area contributed by atoms with Gasteiger partial charge in [-0.25, -0.2) is 13.1 Å². The maximum Gasteiger partial charge on any atom is 0.257 e. The zero-order valence-electron chi connectivity index (χ0n) is 17.6. The van der Waals surface area contributed by atoms with E-state index in [1.165, 1.54) is 25.3 Å². The lowest BCUT2D eigenvalue weighted by atomic mass is 9.98. The first-order valence-corrected chi connectivity index (χ1v) is 11.7. The van der Waals surface area contributed by atoms with Gasteiger partial charge in [0, 0.05) is 19.6 Å². The van der Waals surface area contributed by atoms with E-state index in [4.69, 9.17) is 14.2 Å². The average Bonchev–Trinajstić information content (AvgIpc) is 3.25. The first-order chi connectivity index (χ1) is 14.9. The van der Waals surface area contributed by atoms with Gasteiger partial charge < -0.3 is 19.1 Å². The minimum Gasteiger partial charge on any atom is -0.496 e. The largest absolute Gasteiger partial charge is 0.496 e. The summed E-state index contributed by atoms with van der Waals surface area (Å²) in [5.41, 5.74) is 0.989. The van der Waals surface area contributed by atoms with Gasteiger partial charge in [0.25, 0.3) is 5.91 Å². The Morgan fingerprint density at radius 1 is 1.13 bits per heavy atom. The molecule has 0 unspecified atom stereocenters. The van der Waals surface area contributed by atoms with Crippen molar-refractivity contribution in [3.05, 3.63) is 47.5 Å². The number of sulfonamides is 1. The van der Waals surface area contributed by atoms with Gasteiger partial charge >= 0.3 is 0 Å². The molecule has 2 aromatic rings. The lowest BCUT2D eigenvalue weighted by Gasteiger charge is -2.30. The number of hydrogen-bond acceptors (Lipinski definition) is 6. The van der Waals surface area contributed by atoms with Crippen LogP contribution in [0.5, 0.6) is 17.2 Å². The number of likely N-dealkylation sites (tertiary alicyclic amines) is 1. The number of carbonyl (C=O) groups is 1. The topological polar surface area (TPSA) is 94.2 Å². The molecule has 0 bridgehead atoms. The van der Waals surface area contributed by atoms with Gasteiger partial charge in [0.15, 0.2) is 11.5 Å². The Labute approximate surface area is 182 Å². The van der Waals surface area contributed by atoms with Gasteiger partial charge in [-0.3, -0.25) is 4.79 Å².